The van der Waals surface area contributed by atoms with Gasteiger partial charge in [-0.25, -0.2) is 9.78 Å². The third-order valence-corrected chi connectivity index (χ3v) is 5.60. The number of likely N-dealkylation sites (tertiary alicyclic amines) is 1. The highest BCUT2D eigenvalue weighted by Gasteiger charge is 2.35. The van der Waals surface area contributed by atoms with Gasteiger partial charge in [0.15, 0.2) is 5.82 Å². The number of aromatic nitrogens is 2. The van der Waals surface area contributed by atoms with Crippen LogP contribution in [0.15, 0.2) is 18.3 Å². The van der Waals surface area contributed by atoms with Crippen LogP contribution in [-0.4, -0.2) is 56.3 Å². The van der Waals surface area contributed by atoms with Crippen LogP contribution in [0.25, 0.3) is 0 Å². The average Bonchev–Trinajstić information content (AvgIpc) is 3.01. The molecule has 182 valence electrons. The van der Waals surface area contributed by atoms with E-state index in [0.717, 1.165) is 5.56 Å². The number of nitrogens with zero attached hydrogens (tertiary/aromatic N) is 3. The molecule has 2 aromatic rings. The topological polar surface area (TPSA) is 96.7 Å². The first-order valence-corrected chi connectivity index (χ1v) is 11.4. The zero-order valence-electron chi connectivity index (χ0n) is 20.6. The molecule has 0 unspecified atom stereocenters. The van der Waals surface area contributed by atoms with E-state index in [1.807, 2.05) is 41.5 Å². The Hall–Kier alpha value is -3.18. The first-order chi connectivity index (χ1) is 15.7. The van der Waals surface area contributed by atoms with Crippen LogP contribution in [0, 0.1) is 11.8 Å². The number of halogens is 1. The van der Waals surface area contributed by atoms with Crippen molar-refractivity contribution in [3.05, 3.63) is 46.0 Å². The van der Waals surface area contributed by atoms with Crippen molar-refractivity contribution >= 4 is 23.6 Å². The third kappa shape index (κ3) is 5.84. The molecular formula is C25H31ClN4O4. The number of imidazole rings is 1. The van der Waals surface area contributed by atoms with Crippen molar-refractivity contribution in [2.75, 3.05) is 13.1 Å². The van der Waals surface area contributed by atoms with Crippen LogP contribution in [0.5, 0.6) is 5.75 Å². The highest BCUT2D eigenvalue weighted by molar-refractivity contribution is 6.31. The molecule has 1 fully saturated rings. The fourth-order valence-corrected chi connectivity index (χ4v) is 3.84. The number of carbonyl (C=O) groups excluding carboxylic acids is 2. The van der Waals surface area contributed by atoms with E-state index in [4.69, 9.17) is 16.3 Å². The van der Waals surface area contributed by atoms with Crippen LogP contribution < -0.4 is 5.32 Å². The maximum atomic E-state index is 12.7. The van der Waals surface area contributed by atoms with Crippen LogP contribution in [0.3, 0.4) is 0 Å². The maximum Gasteiger partial charge on any atom is 0.410 e. The Bertz CT molecular complexity index is 1170. The minimum atomic E-state index is -0.561. The van der Waals surface area contributed by atoms with Gasteiger partial charge in [0.1, 0.15) is 17.0 Å². The lowest BCUT2D eigenvalue weighted by Gasteiger charge is -2.39. The molecule has 2 heterocycles. The number of carbonyl (C=O) groups is 2. The first-order valence-electron chi connectivity index (χ1n) is 11.0. The molecule has 1 aliphatic heterocycles. The lowest BCUT2D eigenvalue weighted by molar-refractivity contribution is 0.00529. The second-order valence-electron chi connectivity index (χ2n) is 10.4. The van der Waals surface area contributed by atoms with Gasteiger partial charge in [0, 0.05) is 31.2 Å². The highest BCUT2D eigenvalue weighted by atomic mass is 35.5. The standard InChI is InChI=1S/C25H31ClN4O4/c1-24(2,3)17-10-15(20(31)11-18(17)26)8-9-21-27-12-19(29(21)7)22(32)28-16-13-30(14-16)23(33)34-25(4,5)6/h10-12,16,31H,13-14H2,1-7H3,(H,28,32). The lowest BCUT2D eigenvalue weighted by atomic mass is 9.86. The summed E-state index contributed by atoms with van der Waals surface area (Å²) in [6.07, 6.45) is 1.06. The second-order valence-corrected chi connectivity index (χ2v) is 10.8. The number of hydrogen-bond acceptors (Lipinski definition) is 5. The number of rotatable bonds is 2. The van der Waals surface area contributed by atoms with E-state index in [1.54, 1.807) is 22.6 Å². The summed E-state index contributed by atoms with van der Waals surface area (Å²) in [5.41, 5.74) is 0.873. The molecule has 0 saturated carbocycles. The van der Waals surface area contributed by atoms with Gasteiger partial charge in [-0.05, 0) is 43.7 Å². The molecule has 2 amide bonds. The first kappa shape index (κ1) is 25.4. The van der Waals surface area contributed by atoms with E-state index in [2.05, 4.69) is 22.1 Å². The largest absolute Gasteiger partial charge is 0.507 e. The molecule has 34 heavy (non-hydrogen) atoms. The van der Waals surface area contributed by atoms with E-state index in [0.29, 0.717) is 35.2 Å². The van der Waals surface area contributed by atoms with Gasteiger partial charge in [0.25, 0.3) is 5.91 Å². The monoisotopic (exact) mass is 486 g/mol. The number of phenolic OH excluding ortho intramolecular Hbond substituents is 1. The zero-order chi connectivity index (χ0) is 25.4. The Morgan fingerprint density at radius 1 is 1.18 bits per heavy atom. The predicted molar refractivity (Wildman–Crippen MR) is 130 cm³/mol. The molecule has 8 nitrogen and oxygen atoms in total. The number of aromatic hydroxyl groups is 1. The van der Waals surface area contributed by atoms with Crippen LogP contribution in [0.2, 0.25) is 5.02 Å². The normalized spacial score (nSPS) is 14.2. The number of benzene rings is 1. The Balaban J connectivity index is 1.68. The van der Waals surface area contributed by atoms with Crippen molar-refractivity contribution in [2.45, 2.75) is 58.6 Å². The Kier molecular flexibility index (Phi) is 6.90. The van der Waals surface area contributed by atoms with Crippen molar-refractivity contribution in [3.8, 4) is 17.6 Å². The van der Waals surface area contributed by atoms with Crippen LogP contribution in [-0.2, 0) is 17.2 Å². The second kappa shape index (κ2) is 9.22. The summed E-state index contributed by atoms with van der Waals surface area (Å²) in [7, 11) is 1.70. The van der Waals surface area contributed by atoms with Gasteiger partial charge in [0.2, 0.25) is 0 Å². The lowest BCUT2D eigenvalue weighted by Crippen LogP contribution is -2.61. The van der Waals surface area contributed by atoms with E-state index >= 15 is 0 Å². The number of hydrogen-bond donors (Lipinski definition) is 2. The summed E-state index contributed by atoms with van der Waals surface area (Å²) in [6, 6.07) is 3.10. The quantitative estimate of drug-likeness (QED) is 0.629. The number of nitrogens with one attached hydrogen (secondary N) is 1. The van der Waals surface area contributed by atoms with Crippen LogP contribution in [0.1, 0.15) is 69.0 Å². The van der Waals surface area contributed by atoms with E-state index < -0.39 is 11.7 Å². The molecule has 2 N–H and O–H groups in total. The SMILES string of the molecule is Cn1c(C(=O)NC2CN(C(=O)OC(C)(C)C)C2)cnc1C#Cc1cc(C(C)(C)C)c(Cl)cc1O. The van der Waals surface area contributed by atoms with Gasteiger partial charge >= 0.3 is 6.09 Å². The van der Waals surface area contributed by atoms with Crippen molar-refractivity contribution in [1.82, 2.24) is 19.8 Å². The molecule has 1 aliphatic rings. The van der Waals surface area contributed by atoms with Gasteiger partial charge in [-0.1, -0.05) is 38.3 Å². The molecule has 0 radical (unpaired) electrons. The summed E-state index contributed by atoms with van der Waals surface area (Å²) < 4.78 is 6.91. The molecule has 1 aromatic heterocycles. The van der Waals surface area contributed by atoms with Crippen LogP contribution in [0.4, 0.5) is 4.79 Å². The minimum Gasteiger partial charge on any atom is -0.507 e. The summed E-state index contributed by atoms with van der Waals surface area (Å²) >= 11 is 6.28. The van der Waals surface area contributed by atoms with Gasteiger partial charge in [-0.15, -0.1) is 0 Å². The summed E-state index contributed by atoms with van der Waals surface area (Å²) in [4.78, 5) is 30.5. The van der Waals surface area contributed by atoms with Gasteiger partial charge in [-0.2, -0.15) is 0 Å². The molecule has 0 atom stereocenters. The van der Waals surface area contributed by atoms with E-state index in [1.165, 1.54) is 12.3 Å². The summed E-state index contributed by atoms with van der Waals surface area (Å²) in [6.45, 7) is 12.3. The van der Waals surface area contributed by atoms with E-state index in [-0.39, 0.29) is 23.1 Å². The fraction of sp³-hybridized carbons (Fsp3) is 0.480. The molecule has 1 aromatic carbocycles. The Labute approximate surface area is 205 Å². The molecule has 1 saturated heterocycles. The molecule has 3 rings (SSSR count). The number of amides is 2. The molecular weight excluding hydrogens is 456 g/mol. The Morgan fingerprint density at radius 3 is 2.41 bits per heavy atom. The minimum absolute atomic E-state index is 0.0165. The third-order valence-electron chi connectivity index (χ3n) is 5.29. The summed E-state index contributed by atoms with van der Waals surface area (Å²) in [5, 5.41) is 13.6. The zero-order valence-corrected chi connectivity index (χ0v) is 21.4. The van der Waals surface area contributed by atoms with Crippen molar-refractivity contribution in [1.29, 1.82) is 0 Å². The molecule has 0 spiro atoms. The Morgan fingerprint density at radius 2 is 1.82 bits per heavy atom. The molecule has 0 aliphatic carbocycles. The average molecular weight is 487 g/mol. The fourth-order valence-electron chi connectivity index (χ4n) is 3.40. The molecule has 0 bridgehead atoms. The predicted octanol–water partition coefficient (Wildman–Crippen LogP) is 3.83. The van der Waals surface area contributed by atoms with Gasteiger partial charge in [-0.3, -0.25) is 4.79 Å². The highest BCUT2D eigenvalue weighted by Crippen LogP contribution is 2.34. The number of phenols is 1. The van der Waals surface area contributed by atoms with E-state index in [9.17, 15) is 14.7 Å². The summed E-state index contributed by atoms with van der Waals surface area (Å²) in [5.74, 6) is 5.90. The van der Waals surface area contributed by atoms with Crippen molar-refractivity contribution in [3.63, 3.8) is 0 Å². The van der Waals surface area contributed by atoms with Gasteiger partial charge < -0.3 is 24.6 Å². The van der Waals surface area contributed by atoms with Gasteiger partial charge in [0.05, 0.1) is 17.8 Å². The molecule has 9 heteroatoms. The van der Waals surface area contributed by atoms with Crippen molar-refractivity contribution in [2.24, 2.45) is 7.05 Å². The maximum absolute atomic E-state index is 12.7. The van der Waals surface area contributed by atoms with Crippen LogP contribution >= 0.6 is 11.6 Å². The number of ether oxygens (including phenoxy) is 1. The smallest absolute Gasteiger partial charge is 0.410 e. The van der Waals surface area contributed by atoms with Crippen molar-refractivity contribution < 1.29 is 19.4 Å².